The van der Waals surface area contributed by atoms with Gasteiger partial charge in [0.25, 0.3) is 16.1 Å². The van der Waals surface area contributed by atoms with Crippen molar-refractivity contribution in [3.63, 3.8) is 0 Å². The Kier molecular flexibility index (Phi) is 4.92. The Hall–Kier alpha value is -1.81. The Bertz CT molecular complexity index is 906. The molecule has 3 rings (SSSR count). The highest BCUT2D eigenvalue weighted by molar-refractivity contribution is 7.86. The number of fused-ring (bicyclic) bond motifs is 1. The Labute approximate surface area is 151 Å². The molecule has 0 saturated heterocycles. The number of benzene rings is 1. The molecule has 1 aliphatic heterocycles. The molecular weight excluding hydrogens is 360 g/mol. The summed E-state index contributed by atoms with van der Waals surface area (Å²) in [6, 6.07) is 7.35. The van der Waals surface area contributed by atoms with Crippen molar-refractivity contribution in [3.05, 3.63) is 46.0 Å². The van der Waals surface area contributed by atoms with Crippen LogP contribution in [0.25, 0.3) is 0 Å². The molecule has 2 heterocycles. The molecule has 0 spiro atoms. The van der Waals surface area contributed by atoms with E-state index in [1.54, 1.807) is 6.07 Å². The largest absolute Gasteiger partial charge is 0.298 e. The molecule has 1 aliphatic rings. The van der Waals surface area contributed by atoms with Crippen molar-refractivity contribution in [2.45, 2.75) is 19.9 Å². The summed E-state index contributed by atoms with van der Waals surface area (Å²) in [6.45, 7) is 2.56. The van der Waals surface area contributed by atoms with Crippen LogP contribution in [0.4, 0.5) is 5.13 Å². The number of amides is 1. The van der Waals surface area contributed by atoms with Gasteiger partial charge in [-0.3, -0.25) is 10.1 Å². The number of hydrogen-bond acceptors (Lipinski definition) is 5. The van der Waals surface area contributed by atoms with Gasteiger partial charge in [-0.05, 0) is 18.6 Å². The molecule has 0 unspecified atom stereocenters. The summed E-state index contributed by atoms with van der Waals surface area (Å²) in [5, 5.41) is 3.32. The number of anilines is 1. The molecular formula is C16H20N4O3S2. The average molecular weight is 380 g/mol. The van der Waals surface area contributed by atoms with Crippen LogP contribution in [0.3, 0.4) is 0 Å². The third-order valence-electron chi connectivity index (χ3n) is 4.09. The lowest BCUT2D eigenvalue weighted by molar-refractivity contribution is 0.102. The second kappa shape index (κ2) is 6.83. The van der Waals surface area contributed by atoms with Crippen LogP contribution in [0, 0.1) is 6.92 Å². The summed E-state index contributed by atoms with van der Waals surface area (Å²) in [5.74, 6) is -0.207. The molecule has 2 aromatic rings. The monoisotopic (exact) mass is 380 g/mol. The summed E-state index contributed by atoms with van der Waals surface area (Å²) in [7, 11) is -0.408. The highest BCUT2D eigenvalue weighted by Crippen LogP contribution is 2.30. The normalized spacial score (nSPS) is 15.2. The summed E-state index contributed by atoms with van der Waals surface area (Å²) in [6.07, 6.45) is 0.541. The van der Waals surface area contributed by atoms with Crippen molar-refractivity contribution in [2.75, 3.05) is 26.0 Å². The quantitative estimate of drug-likeness (QED) is 0.878. The Morgan fingerprint density at radius 3 is 2.72 bits per heavy atom. The first-order valence-corrected chi connectivity index (χ1v) is 10.0. The van der Waals surface area contributed by atoms with Crippen molar-refractivity contribution >= 4 is 32.6 Å². The van der Waals surface area contributed by atoms with E-state index >= 15 is 0 Å². The predicted molar refractivity (Wildman–Crippen MR) is 98.0 cm³/mol. The van der Waals surface area contributed by atoms with Crippen molar-refractivity contribution < 1.29 is 13.2 Å². The van der Waals surface area contributed by atoms with Gasteiger partial charge in [-0.25, -0.2) is 4.98 Å². The van der Waals surface area contributed by atoms with Crippen LogP contribution in [0.5, 0.6) is 0 Å². The first-order chi connectivity index (χ1) is 11.8. The van der Waals surface area contributed by atoms with Crippen molar-refractivity contribution in [3.8, 4) is 0 Å². The lowest BCUT2D eigenvalue weighted by Gasteiger charge is -2.27. The highest BCUT2D eigenvalue weighted by Gasteiger charge is 2.30. The third-order valence-corrected chi connectivity index (χ3v) is 6.98. The molecule has 25 heavy (non-hydrogen) atoms. The van der Waals surface area contributed by atoms with Crippen LogP contribution in [-0.2, 0) is 23.2 Å². The van der Waals surface area contributed by atoms with Gasteiger partial charge in [0.15, 0.2) is 5.13 Å². The summed E-state index contributed by atoms with van der Waals surface area (Å²) in [5.41, 5.74) is 2.35. The minimum Gasteiger partial charge on any atom is -0.298 e. The van der Waals surface area contributed by atoms with Gasteiger partial charge in [0, 0.05) is 37.5 Å². The van der Waals surface area contributed by atoms with Crippen LogP contribution in [-0.4, -0.2) is 48.6 Å². The van der Waals surface area contributed by atoms with Crippen LogP contribution in [0.2, 0.25) is 0 Å². The number of thiazole rings is 1. The zero-order chi connectivity index (χ0) is 18.2. The van der Waals surface area contributed by atoms with Gasteiger partial charge in [-0.1, -0.05) is 18.2 Å². The van der Waals surface area contributed by atoms with Gasteiger partial charge < -0.3 is 0 Å². The molecule has 0 saturated carbocycles. The lowest BCUT2D eigenvalue weighted by Crippen LogP contribution is -2.42. The molecule has 0 bridgehead atoms. The van der Waals surface area contributed by atoms with E-state index < -0.39 is 10.2 Å². The number of rotatable bonds is 4. The molecule has 1 amide bonds. The first-order valence-electron chi connectivity index (χ1n) is 7.82. The van der Waals surface area contributed by atoms with E-state index in [0.29, 0.717) is 23.7 Å². The fourth-order valence-corrected chi connectivity index (χ4v) is 4.82. The minimum atomic E-state index is -3.45. The fourth-order valence-electron chi connectivity index (χ4n) is 2.65. The zero-order valence-corrected chi connectivity index (χ0v) is 15.9. The van der Waals surface area contributed by atoms with Gasteiger partial charge in [-0.15, -0.1) is 11.3 Å². The average Bonchev–Trinajstić information content (AvgIpc) is 2.96. The number of aryl methyl sites for hydroxylation is 1. The van der Waals surface area contributed by atoms with Gasteiger partial charge >= 0.3 is 0 Å². The molecule has 0 fully saturated rings. The highest BCUT2D eigenvalue weighted by atomic mass is 32.2. The summed E-state index contributed by atoms with van der Waals surface area (Å²) < 4.78 is 27.2. The number of carbonyl (C=O) groups excluding carboxylic acids is 1. The molecule has 1 aromatic carbocycles. The fraction of sp³-hybridized carbons (Fsp3) is 0.375. The molecule has 0 radical (unpaired) electrons. The van der Waals surface area contributed by atoms with E-state index in [2.05, 4.69) is 10.3 Å². The lowest BCUT2D eigenvalue weighted by atomic mass is 10.1. The van der Waals surface area contributed by atoms with E-state index in [4.69, 9.17) is 0 Å². The summed E-state index contributed by atoms with van der Waals surface area (Å²) >= 11 is 1.33. The van der Waals surface area contributed by atoms with Crippen molar-refractivity contribution in [1.29, 1.82) is 0 Å². The van der Waals surface area contributed by atoms with Crippen molar-refractivity contribution in [2.24, 2.45) is 0 Å². The van der Waals surface area contributed by atoms with E-state index in [-0.39, 0.29) is 12.5 Å². The Morgan fingerprint density at radius 2 is 2.04 bits per heavy atom. The Morgan fingerprint density at radius 1 is 1.32 bits per heavy atom. The SMILES string of the molecule is Cc1ccccc1C(=O)Nc1nc2c(s1)CN(S(=O)(=O)N(C)C)CC2. The Balaban J connectivity index is 1.77. The van der Waals surface area contributed by atoms with Crippen LogP contribution in [0.1, 0.15) is 26.5 Å². The van der Waals surface area contributed by atoms with Crippen molar-refractivity contribution in [1.82, 2.24) is 13.6 Å². The number of aromatic nitrogens is 1. The van der Waals surface area contributed by atoms with E-state index in [0.717, 1.165) is 16.1 Å². The molecule has 1 N–H and O–H groups in total. The zero-order valence-electron chi connectivity index (χ0n) is 14.3. The maximum Gasteiger partial charge on any atom is 0.281 e. The van der Waals surface area contributed by atoms with Gasteiger partial charge in [0.2, 0.25) is 0 Å². The number of nitrogens with one attached hydrogen (secondary N) is 1. The predicted octanol–water partition coefficient (Wildman–Crippen LogP) is 1.87. The van der Waals surface area contributed by atoms with Crippen LogP contribution < -0.4 is 5.32 Å². The van der Waals surface area contributed by atoms with Gasteiger partial charge in [0.1, 0.15) is 0 Å². The second-order valence-electron chi connectivity index (χ2n) is 6.03. The van der Waals surface area contributed by atoms with Gasteiger partial charge in [-0.2, -0.15) is 17.0 Å². The maximum atomic E-state index is 12.4. The van der Waals surface area contributed by atoms with Crippen LogP contribution in [0.15, 0.2) is 24.3 Å². The number of hydrogen-bond donors (Lipinski definition) is 1. The standard InChI is InChI=1S/C16H20N4O3S2/c1-11-6-4-5-7-12(11)15(21)18-16-17-13-8-9-20(10-14(13)24-16)25(22,23)19(2)3/h4-7H,8-10H2,1-3H3,(H,17,18,21). The smallest absolute Gasteiger partial charge is 0.281 e. The molecule has 1 aromatic heterocycles. The molecule has 7 nitrogen and oxygen atoms in total. The topological polar surface area (TPSA) is 82.6 Å². The molecule has 134 valence electrons. The third kappa shape index (κ3) is 3.59. The van der Waals surface area contributed by atoms with E-state index in [1.165, 1.54) is 34.0 Å². The second-order valence-corrected chi connectivity index (χ2v) is 9.26. The molecule has 0 aliphatic carbocycles. The van der Waals surface area contributed by atoms with Crippen LogP contribution >= 0.6 is 11.3 Å². The molecule has 9 heteroatoms. The molecule has 0 atom stereocenters. The van der Waals surface area contributed by atoms with E-state index in [1.807, 2.05) is 25.1 Å². The van der Waals surface area contributed by atoms with Gasteiger partial charge in [0.05, 0.1) is 12.2 Å². The summed E-state index contributed by atoms with van der Waals surface area (Å²) in [4.78, 5) is 17.7. The number of carbonyl (C=O) groups is 1. The maximum absolute atomic E-state index is 12.4. The minimum absolute atomic E-state index is 0.207. The van der Waals surface area contributed by atoms with E-state index in [9.17, 15) is 13.2 Å². The first kappa shape index (κ1) is 18.0. The number of nitrogens with zero attached hydrogens (tertiary/aromatic N) is 3.